The Balaban J connectivity index is 2.23. The summed E-state index contributed by atoms with van der Waals surface area (Å²) >= 11 is 0. The van der Waals surface area contributed by atoms with E-state index in [1.54, 1.807) is 6.20 Å². The molecule has 0 bridgehead atoms. The van der Waals surface area contributed by atoms with E-state index in [1.165, 1.54) is 0 Å². The van der Waals surface area contributed by atoms with Crippen molar-refractivity contribution in [1.82, 2.24) is 9.55 Å². The van der Waals surface area contributed by atoms with Crippen molar-refractivity contribution in [3.05, 3.63) is 18.2 Å². The first-order valence-corrected chi connectivity index (χ1v) is 6.85. The van der Waals surface area contributed by atoms with Crippen LogP contribution in [-0.2, 0) is 18.3 Å². The Morgan fingerprint density at radius 1 is 1.44 bits per heavy atom. The fraction of sp³-hybridized carbons (Fsp3) is 0.714. The van der Waals surface area contributed by atoms with E-state index in [4.69, 9.17) is 5.73 Å². The second kappa shape index (κ2) is 8.03. The zero-order valence-corrected chi connectivity index (χ0v) is 11.6. The van der Waals surface area contributed by atoms with Gasteiger partial charge in [-0.2, -0.15) is 0 Å². The Kier molecular flexibility index (Phi) is 6.65. The zero-order chi connectivity index (χ0) is 13.4. The summed E-state index contributed by atoms with van der Waals surface area (Å²) in [6, 6.07) is 0. The Labute approximate surface area is 110 Å². The molecule has 102 valence electrons. The summed E-state index contributed by atoms with van der Waals surface area (Å²) in [5.41, 5.74) is 5.55. The maximum atomic E-state index is 11.8. The molecule has 1 atom stereocenters. The van der Waals surface area contributed by atoms with Crippen LogP contribution >= 0.6 is 0 Å². The van der Waals surface area contributed by atoms with Crippen molar-refractivity contribution in [2.45, 2.75) is 45.4 Å². The highest BCUT2D eigenvalue weighted by atomic mass is 16.1. The first-order valence-electron chi connectivity index (χ1n) is 6.85. The van der Waals surface area contributed by atoms with Crippen molar-refractivity contribution in [2.24, 2.45) is 18.7 Å². The molecule has 0 saturated carbocycles. The number of aromatic nitrogens is 2. The number of Topliss-reactive ketones (excluding diaryl/α,β-unsaturated/α-hetero) is 1. The van der Waals surface area contributed by atoms with Gasteiger partial charge in [0, 0.05) is 38.7 Å². The molecule has 0 aliphatic carbocycles. The lowest BCUT2D eigenvalue weighted by Gasteiger charge is -2.12. The molecule has 0 aliphatic rings. The SMILES string of the molecule is CCC(CCN)CCC(=O)CCc1nccn1C. The van der Waals surface area contributed by atoms with Crippen LogP contribution in [0.15, 0.2) is 12.4 Å². The van der Waals surface area contributed by atoms with Gasteiger partial charge in [-0.3, -0.25) is 4.79 Å². The molecule has 1 aromatic heterocycles. The summed E-state index contributed by atoms with van der Waals surface area (Å²) in [6.07, 6.45) is 8.84. The van der Waals surface area contributed by atoms with Gasteiger partial charge in [0.05, 0.1) is 0 Å². The molecule has 1 aromatic rings. The highest BCUT2D eigenvalue weighted by molar-refractivity contribution is 5.78. The number of aryl methyl sites for hydroxylation is 2. The number of imidazole rings is 1. The van der Waals surface area contributed by atoms with Gasteiger partial charge in [-0.15, -0.1) is 0 Å². The van der Waals surface area contributed by atoms with Crippen LogP contribution in [0, 0.1) is 5.92 Å². The largest absolute Gasteiger partial charge is 0.338 e. The maximum Gasteiger partial charge on any atom is 0.133 e. The van der Waals surface area contributed by atoms with Gasteiger partial charge in [-0.25, -0.2) is 4.98 Å². The molecule has 0 aromatic carbocycles. The van der Waals surface area contributed by atoms with Gasteiger partial charge in [0.1, 0.15) is 11.6 Å². The lowest BCUT2D eigenvalue weighted by atomic mass is 9.94. The van der Waals surface area contributed by atoms with Crippen molar-refractivity contribution in [2.75, 3.05) is 6.54 Å². The quantitative estimate of drug-likeness (QED) is 0.731. The average Bonchev–Trinajstić information content (AvgIpc) is 2.77. The van der Waals surface area contributed by atoms with Gasteiger partial charge in [0.2, 0.25) is 0 Å². The monoisotopic (exact) mass is 251 g/mol. The number of carbonyl (C=O) groups is 1. The van der Waals surface area contributed by atoms with Crippen LogP contribution in [0.1, 0.15) is 44.9 Å². The third kappa shape index (κ3) is 5.00. The smallest absolute Gasteiger partial charge is 0.133 e. The number of hydrogen-bond donors (Lipinski definition) is 1. The van der Waals surface area contributed by atoms with E-state index in [0.29, 0.717) is 24.5 Å². The molecule has 0 saturated heterocycles. The van der Waals surface area contributed by atoms with E-state index in [1.807, 2.05) is 17.8 Å². The fourth-order valence-corrected chi connectivity index (χ4v) is 2.17. The number of ketones is 1. The Morgan fingerprint density at radius 2 is 2.22 bits per heavy atom. The molecule has 0 fully saturated rings. The predicted octanol–water partition coefficient (Wildman–Crippen LogP) is 2.08. The topological polar surface area (TPSA) is 60.9 Å². The first kappa shape index (κ1) is 14.9. The number of nitrogens with two attached hydrogens (primary N) is 1. The third-order valence-electron chi connectivity index (χ3n) is 3.53. The van der Waals surface area contributed by atoms with Crippen LogP contribution in [0.3, 0.4) is 0 Å². The summed E-state index contributed by atoms with van der Waals surface area (Å²) in [6.45, 7) is 2.89. The summed E-state index contributed by atoms with van der Waals surface area (Å²) in [4.78, 5) is 16.0. The van der Waals surface area contributed by atoms with Gasteiger partial charge in [-0.1, -0.05) is 13.3 Å². The van der Waals surface area contributed by atoms with E-state index in [2.05, 4.69) is 11.9 Å². The van der Waals surface area contributed by atoms with E-state index in [-0.39, 0.29) is 0 Å². The molecule has 18 heavy (non-hydrogen) atoms. The minimum Gasteiger partial charge on any atom is -0.338 e. The Hall–Kier alpha value is -1.16. The zero-order valence-electron chi connectivity index (χ0n) is 11.6. The second-order valence-electron chi connectivity index (χ2n) is 4.88. The van der Waals surface area contributed by atoms with E-state index < -0.39 is 0 Å². The molecule has 4 heteroatoms. The number of carbonyl (C=O) groups excluding carboxylic acids is 1. The van der Waals surface area contributed by atoms with Gasteiger partial charge in [0.15, 0.2) is 0 Å². The standard InChI is InChI=1S/C14H25N3O/c1-3-12(8-9-15)4-5-13(18)6-7-14-16-10-11-17(14)2/h10-12H,3-9,15H2,1-2H3. The molecule has 0 radical (unpaired) electrons. The minimum absolute atomic E-state index is 0.341. The van der Waals surface area contributed by atoms with Gasteiger partial charge < -0.3 is 10.3 Å². The lowest BCUT2D eigenvalue weighted by Crippen LogP contribution is -2.11. The molecular formula is C14H25N3O. The second-order valence-corrected chi connectivity index (χ2v) is 4.88. The summed E-state index contributed by atoms with van der Waals surface area (Å²) < 4.78 is 1.97. The average molecular weight is 251 g/mol. The molecule has 4 nitrogen and oxygen atoms in total. The third-order valence-corrected chi connectivity index (χ3v) is 3.53. The molecule has 0 aliphatic heterocycles. The van der Waals surface area contributed by atoms with Crippen LogP contribution in [0.4, 0.5) is 0 Å². The van der Waals surface area contributed by atoms with Gasteiger partial charge in [-0.05, 0) is 25.3 Å². The van der Waals surface area contributed by atoms with E-state index in [9.17, 15) is 4.79 Å². The minimum atomic E-state index is 0.341. The van der Waals surface area contributed by atoms with E-state index in [0.717, 1.165) is 38.1 Å². The molecular weight excluding hydrogens is 226 g/mol. The number of rotatable bonds is 9. The van der Waals surface area contributed by atoms with Crippen molar-refractivity contribution in [3.8, 4) is 0 Å². The lowest BCUT2D eigenvalue weighted by molar-refractivity contribution is -0.119. The summed E-state index contributed by atoms with van der Waals surface area (Å²) in [7, 11) is 1.96. The van der Waals surface area contributed by atoms with Crippen LogP contribution in [0.25, 0.3) is 0 Å². The molecule has 0 amide bonds. The van der Waals surface area contributed by atoms with Gasteiger partial charge in [0.25, 0.3) is 0 Å². The van der Waals surface area contributed by atoms with Crippen molar-refractivity contribution >= 4 is 5.78 Å². The molecule has 1 heterocycles. The maximum absolute atomic E-state index is 11.8. The van der Waals surface area contributed by atoms with Crippen LogP contribution < -0.4 is 5.73 Å². The fourth-order valence-electron chi connectivity index (χ4n) is 2.17. The predicted molar refractivity (Wildman–Crippen MR) is 73.2 cm³/mol. The van der Waals surface area contributed by atoms with E-state index >= 15 is 0 Å². The molecule has 1 rings (SSSR count). The highest BCUT2D eigenvalue weighted by Crippen LogP contribution is 2.15. The van der Waals surface area contributed by atoms with Crippen LogP contribution in [-0.4, -0.2) is 21.9 Å². The van der Waals surface area contributed by atoms with Crippen LogP contribution in [0.5, 0.6) is 0 Å². The van der Waals surface area contributed by atoms with Crippen molar-refractivity contribution in [1.29, 1.82) is 0 Å². The summed E-state index contributed by atoms with van der Waals surface area (Å²) in [5.74, 6) is 1.93. The highest BCUT2D eigenvalue weighted by Gasteiger charge is 2.10. The summed E-state index contributed by atoms with van der Waals surface area (Å²) in [5, 5.41) is 0. The van der Waals surface area contributed by atoms with Crippen LogP contribution in [0.2, 0.25) is 0 Å². The molecule has 2 N–H and O–H groups in total. The first-order chi connectivity index (χ1) is 8.67. The normalized spacial score (nSPS) is 12.6. The Bertz CT molecular complexity index is 360. The van der Waals surface area contributed by atoms with Crippen molar-refractivity contribution < 1.29 is 4.79 Å². The number of hydrogen-bond acceptors (Lipinski definition) is 3. The van der Waals surface area contributed by atoms with Crippen molar-refractivity contribution in [3.63, 3.8) is 0 Å². The number of nitrogens with zero attached hydrogens (tertiary/aromatic N) is 2. The Morgan fingerprint density at radius 3 is 2.78 bits per heavy atom. The van der Waals surface area contributed by atoms with Gasteiger partial charge >= 0.3 is 0 Å². The molecule has 1 unspecified atom stereocenters. The molecule has 0 spiro atoms.